The Balaban J connectivity index is 1.74. The zero-order chi connectivity index (χ0) is 20.8. The van der Waals surface area contributed by atoms with Crippen LogP contribution >= 0.6 is 0 Å². The van der Waals surface area contributed by atoms with E-state index in [4.69, 9.17) is 14.2 Å². The van der Waals surface area contributed by atoms with E-state index >= 15 is 0 Å². The SMILES string of the molecule is COc1cc(C)c(C(OC2CC2)C(=O)O)c(-c2ccc3c(c2)CCCO3)c1C1CC1. The number of aryl methyl sites for hydroxylation is 2. The molecule has 5 nitrogen and oxygen atoms in total. The topological polar surface area (TPSA) is 65.0 Å². The van der Waals surface area contributed by atoms with Gasteiger partial charge in [0.05, 0.1) is 19.8 Å². The second-order valence-electron chi connectivity index (χ2n) is 8.70. The van der Waals surface area contributed by atoms with Crippen LogP contribution in [0.3, 0.4) is 0 Å². The van der Waals surface area contributed by atoms with Crippen molar-refractivity contribution in [2.24, 2.45) is 0 Å². The fourth-order valence-corrected chi connectivity index (χ4v) is 4.57. The molecule has 0 saturated heterocycles. The van der Waals surface area contributed by atoms with Crippen molar-refractivity contribution >= 4 is 5.97 Å². The first-order chi connectivity index (χ1) is 14.6. The highest BCUT2D eigenvalue weighted by Gasteiger charge is 2.38. The van der Waals surface area contributed by atoms with Crippen LogP contribution in [0.4, 0.5) is 0 Å². The molecule has 2 aromatic rings. The van der Waals surface area contributed by atoms with Crippen molar-refractivity contribution in [3.63, 3.8) is 0 Å². The highest BCUT2D eigenvalue weighted by Crippen LogP contribution is 2.52. The van der Waals surface area contributed by atoms with Crippen molar-refractivity contribution in [1.29, 1.82) is 0 Å². The van der Waals surface area contributed by atoms with E-state index in [1.165, 1.54) is 5.56 Å². The van der Waals surface area contributed by atoms with Gasteiger partial charge in [-0.05, 0) is 91.8 Å². The molecule has 1 atom stereocenters. The Kier molecular flexibility index (Phi) is 4.94. The normalized spacial score (nSPS) is 19.0. The summed E-state index contributed by atoms with van der Waals surface area (Å²) in [6.07, 6.45) is 5.10. The van der Waals surface area contributed by atoms with Crippen LogP contribution in [0.5, 0.6) is 11.5 Å². The number of ether oxygens (including phenoxy) is 3. The molecule has 30 heavy (non-hydrogen) atoms. The highest BCUT2D eigenvalue weighted by atomic mass is 16.5. The van der Waals surface area contributed by atoms with Crippen LogP contribution in [-0.4, -0.2) is 30.9 Å². The van der Waals surface area contributed by atoms with Gasteiger partial charge in [0, 0.05) is 11.1 Å². The molecule has 2 aromatic carbocycles. The summed E-state index contributed by atoms with van der Waals surface area (Å²) in [6.45, 7) is 2.71. The molecule has 3 aliphatic rings. The molecule has 0 radical (unpaired) electrons. The van der Waals surface area contributed by atoms with E-state index in [0.717, 1.165) is 84.4 Å². The standard InChI is InChI=1S/C25H28O5/c1-14-12-20(28-2)22(15-5-6-15)23(21(14)24(25(26)27)30-18-8-9-18)17-7-10-19-16(13-17)4-3-11-29-19/h7,10,12-13,15,18,24H,3-6,8-9,11H2,1-2H3,(H,26,27). The van der Waals surface area contributed by atoms with Gasteiger partial charge in [0.15, 0.2) is 6.10 Å². The molecule has 2 aliphatic carbocycles. The second-order valence-corrected chi connectivity index (χ2v) is 8.70. The largest absolute Gasteiger partial charge is 0.496 e. The minimum absolute atomic E-state index is 0.0433. The minimum atomic E-state index is -0.969. The Hall–Kier alpha value is -2.53. The van der Waals surface area contributed by atoms with Crippen molar-refractivity contribution in [2.45, 2.75) is 63.6 Å². The number of rotatable bonds is 7. The van der Waals surface area contributed by atoms with Gasteiger partial charge in [0.1, 0.15) is 11.5 Å². The molecular formula is C25H28O5. The lowest BCUT2D eigenvalue weighted by Gasteiger charge is -2.26. The monoisotopic (exact) mass is 408 g/mol. The molecule has 2 saturated carbocycles. The molecule has 1 heterocycles. The average Bonchev–Trinajstić information content (AvgIpc) is 3.65. The molecule has 1 unspecified atom stereocenters. The third-order valence-corrected chi connectivity index (χ3v) is 6.32. The van der Waals surface area contributed by atoms with Gasteiger partial charge in [-0.15, -0.1) is 0 Å². The van der Waals surface area contributed by atoms with Gasteiger partial charge in [-0.1, -0.05) is 6.07 Å². The molecule has 0 spiro atoms. The first-order valence-electron chi connectivity index (χ1n) is 10.9. The van der Waals surface area contributed by atoms with Gasteiger partial charge >= 0.3 is 5.97 Å². The fourth-order valence-electron chi connectivity index (χ4n) is 4.57. The number of fused-ring (bicyclic) bond motifs is 1. The van der Waals surface area contributed by atoms with E-state index in [1.807, 2.05) is 19.1 Å². The van der Waals surface area contributed by atoms with Crippen LogP contribution in [0.15, 0.2) is 24.3 Å². The maximum absolute atomic E-state index is 12.3. The summed E-state index contributed by atoms with van der Waals surface area (Å²) in [5.41, 5.74) is 5.99. The predicted octanol–water partition coefficient (Wildman–Crippen LogP) is 5.18. The number of hydrogen-bond donors (Lipinski definition) is 1. The smallest absolute Gasteiger partial charge is 0.337 e. The third-order valence-electron chi connectivity index (χ3n) is 6.32. The minimum Gasteiger partial charge on any atom is -0.496 e. The van der Waals surface area contributed by atoms with Crippen LogP contribution in [0.2, 0.25) is 0 Å². The zero-order valence-electron chi connectivity index (χ0n) is 17.6. The zero-order valence-corrected chi connectivity index (χ0v) is 17.6. The number of carbonyl (C=O) groups is 1. The number of carboxylic acid groups (broad SMARTS) is 1. The van der Waals surface area contributed by atoms with Crippen LogP contribution in [0, 0.1) is 6.92 Å². The van der Waals surface area contributed by atoms with Gasteiger partial charge in [-0.3, -0.25) is 0 Å². The van der Waals surface area contributed by atoms with Crippen molar-refractivity contribution < 1.29 is 24.1 Å². The number of aliphatic carboxylic acids is 1. The quantitative estimate of drug-likeness (QED) is 0.684. The Bertz CT molecular complexity index is 988. The molecule has 158 valence electrons. The highest BCUT2D eigenvalue weighted by molar-refractivity contribution is 5.85. The Morgan fingerprint density at radius 2 is 2.00 bits per heavy atom. The van der Waals surface area contributed by atoms with E-state index in [9.17, 15) is 9.90 Å². The summed E-state index contributed by atoms with van der Waals surface area (Å²) in [5.74, 6) is 1.25. The number of carboxylic acids is 1. The lowest BCUT2D eigenvalue weighted by Crippen LogP contribution is -2.19. The maximum Gasteiger partial charge on any atom is 0.337 e. The Morgan fingerprint density at radius 3 is 2.67 bits per heavy atom. The third kappa shape index (κ3) is 3.56. The van der Waals surface area contributed by atoms with Crippen LogP contribution in [0.25, 0.3) is 11.1 Å². The van der Waals surface area contributed by atoms with Crippen molar-refractivity contribution in [2.75, 3.05) is 13.7 Å². The summed E-state index contributed by atoms with van der Waals surface area (Å²) in [7, 11) is 1.69. The van der Waals surface area contributed by atoms with Crippen molar-refractivity contribution in [1.82, 2.24) is 0 Å². The van der Waals surface area contributed by atoms with Crippen LogP contribution < -0.4 is 9.47 Å². The molecular weight excluding hydrogens is 380 g/mol. The summed E-state index contributed by atoms with van der Waals surface area (Å²) < 4.78 is 17.6. The second kappa shape index (κ2) is 7.62. The lowest BCUT2D eigenvalue weighted by molar-refractivity contribution is -0.151. The van der Waals surface area contributed by atoms with Gasteiger partial charge < -0.3 is 19.3 Å². The molecule has 1 N–H and O–H groups in total. The molecule has 2 fully saturated rings. The number of hydrogen-bond acceptors (Lipinski definition) is 4. The summed E-state index contributed by atoms with van der Waals surface area (Å²) in [6, 6.07) is 8.24. The average molecular weight is 408 g/mol. The summed E-state index contributed by atoms with van der Waals surface area (Å²) in [5, 5.41) is 10.1. The molecule has 1 aliphatic heterocycles. The van der Waals surface area contributed by atoms with Gasteiger partial charge in [0.2, 0.25) is 0 Å². The van der Waals surface area contributed by atoms with Crippen molar-refractivity contribution in [3.8, 4) is 22.6 Å². The molecule has 0 aromatic heterocycles. The Labute approximate surface area is 177 Å². The summed E-state index contributed by atoms with van der Waals surface area (Å²) >= 11 is 0. The first kappa shape index (κ1) is 19.4. The molecule has 0 bridgehead atoms. The van der Waals surface area contributed by atoms with E-state index in [-0.39, 0.29) is 6.10 Å². The van der Waals surface area contributed by atoms with Gasteiger partial charge in [0.25, 0.3) is 0 Å². The molecule has 5 rings (SSSR count). The first-order valence-corrected chi connectivity index (χ1v) is 10.9. The lowest BCUT2D eigenvalue weighted by atomic mass is 9.85. The van der Waals surface area contributed by atoms with Crippen molar-refractivity contribution in [3.05, 3.63) is 46.5 Å². The van der Waals surface area contributed by atoms with E-state index < -0.39 is 12.1 Å². The van der Waals surface area contributed by atoms with Gasteiger partial charge in [-0.25, -0.2) is 4.79 Å². The maximum atomic E-state index is 12.3. The summed E-state index contributed by atoms with van der Waals surface area (Å²) in [4.78, 5) is 12.3. The predicted molar refractivity (Wildman–Crippen MR) is 113 cm³/mol. The van der Waals surface area contributed by atoms with Gasteiger partial charge in [-0.2, -0.15) is 0 Å². The number of methoxy groups -OCH3 is 1. The van der Waals surface area contributed by atoms with E-state index in [2.05, 4.69) is 12.1 Å². The fraction of sp³-hybridized carbons (Fsp3) is 0.480. The number of benzene rings is 2. The molecule has 0 amide bonds. The van der Waals surface area contributed by atoms with Crippen LogP contribution in [-0.2, 0) is 16.0 Å². The Morgan fingerprint density at radius 1 is 1.20 bits per heavy atom. The van der Waals surface area contributed by atoms with E-state index in [0.29, 0.717) is 5.92 Å². The molecule has 5 heteroatoms. The van der Waals surface area contributed by atoms with Crippen LogP contribution in [0.1, 0.15) is 66.4 Å². The van der Waals surface area contributed by atoms with E-state index in [1.54, 1.807) is 7.11 Å².